The molecule has 6 heteroatoms. The third-order valence-electron chi connectivity index (χ3n) is 5.21. The Bertz CT molecular complexity index is 748. The number of carbonyl (C=O) groups excluding carboxylic acids is 1. The quantitative estimate of drug-likeness (QED) is 0.911. The van der Waals surface area contributed by atoms with Gasteiger partial charge in [-0.3, -0.25) is 9.59 Å². The highest BCUT2D eigenvalue weighted by Crippen LogP contribution is 2.42. The number of carboxylic acid groups (broad SMARTS) is 1. The molecule has 126 valence electrons. The van der Waals surface area contributed by atoms with E-state index in [1.807, 2.05) is 39.9 Å². The number of carbonyl (C=O) groups is 2. The maximum atomic E-state index is 12.4. The number of fused-ring (bicyclic) bond motifs is 1. The van der Waals surface area contributed by atoms with Crippen molar-refractivity contribution in [3.8, 4) is 0 Å². The standard InChI is InChI=1S/C18H21N3O3/c22-16-7-6-14(18(23)24)17(12-4-5-12)21(16)10-8-13-11-20-9-2-1-3-15(20)19-13/h1-3,9,11-12,14,17H,4-8,10H2,(H,23,24). The summed E-state index contributed by atoms with van der Waals surface area (Å²) >= 11 is 0. The van der Waals surface area contributed by atoms with Crippen LogP contribution >= 0.6 is 0 Å². The molecule has 1 aliphatic heterocycles. The molecular formula is C18H21N3O3. The molecule has 1 saturated heterocycles. The average molecular weight is 327 g/mol. The first-order valence-electron chi connectivity index (χ1n) is 8.58. The van der Waals surface area contributed by atoms with Crippen molar-refractivity contribution in [1.29, 1.82) is 0 Å². The fraction of sp³-hybridized carbons (Fsp3) is 0.500. The Kier molecular flexibility index (Phi) is 3.75. The molecule has 1 aliphatic carbocycles. The van der Waals surface area contributed by atoms with Crippen molar-refractivity contribution in [1.82, 2.24) is 14.3 Å². The molecule has 24 heavy (non-hydrogen) atoms. The second kappa shape index (κ2) is 5.92. The van der Waals surface area contributed by atoms with Crippen molar-refractivity contribution in [3.63, 3.8) is 0 Å². The molecule has 3 heterocycles. The number of aromatic nitrogens is 2. The number of pyridine rings is 1. The number of likely N-dealkylation sites (tertiary alicyclic amines) is 1. The van der Waals surface area contributed by atoms with Gasteiger partial charge in [0.15, 0.2) is 0 Å². The summed E-state index contributed by atoms with van der Waals surface area (Å²) in [6.45, 7) is 0.549. The number of imidazole rings is 1. The van der Waals surface area contributed by atoms with E-state index < -0.39 is 11.9 Å². The van der Waals surface area contributed by atoms with Gasteiger partial charge in [-0.15, -0.1) is 0 Å². The van der Waals surface area contributed by atoms with Crippen LogP contribution in [-0.2, 0) is 16.0 Å². The molecule has 1 N–H and O–H groups in total. The molecule has 0 aromatic carbocycles. The summed E-state index contributed by atoms with van der Waals surface area (Å²) in [6, 6.07) is 5.71. The van der Waals surface area contributed by atoms with Gasteiger partial charge in [-0.1, -0.05) is 6.07 Å². The normalized spacial score (nSPS) is 24.5. The minimum absolute atomic E-state index is 0.0909. The van der Waals surface area contributed by atoms with E-state index in [1.54, 1.807) is 0 Å². The van der Waals surface area contributed by atoms with Crippen LogP contribution in [0.25, 0.3) is 5.65 Å². The summed E-state index contributed by atoms with van der Waals surface area (Å²) in [4.78, 5) is 30.4. The summed E-state index contributed by atoms with van der Waals surface area (Å²) in [5.74, 6) is -0.738. The van der Waals surface area contributed by atoms with Crippen molar-refractivity contribution in [2.75, 3.05) is 6.54 Å². The van der Waals surface area contributed by atoms with E-state index in [0.717, 1.165) is 24.2 Å². The largest absolute Gasteiger partial charge is 0.481 e. The lowest BCUT2D eigenvalue weighted by atomic mass is 9.85. The monoisotopic (exact) mass is 327 g/mol. The van der Waals surface area contributed by atoms with Crippen molar-refractivity contribution >= 4 is 17.5 Å². The Labute approximate surface area is 140 Å². The van der Waals surface area contributed by atoms with Crippen molar-refractivity contribution in [2.24, 2.45) is 11.8 Å². The molecule has 2 unspecified atom stereocenters. The molecule has 0 bridgehead atoms. The second-order valence-corrected chi connectivity index (χ2v) is 6.85. The SMILES string of the molecule is O=C(O)C1CCC(=O)N(CCc2cn3ccccc3n2)C1C1CC1. The lowest BCUT2D eigenvalue weighted by Gasteiger charge is -2.39. The molecular weight excluding hydrogens is 306 g/mol. The Hall–Kier alpha value is -2.37. The summed E-state index contributed by atoms with van der Waals surface area (Å²) in [5, 5.41) is 9.52. The van der Waals surface area contributed by atoms with E-state index in [9.17, 15) is 14.7 Å². The fourth-order valence-electron chi connectivity index (χ4n) is 3.88. The van der Waals surface area contributed by atoms with Gasteiger partial charge >= 0.3 is 5.97 Å². The number of aliphatic carboxylic acids is 1. The predicted molar refractivity (Wildman–Crippen MR) is 87.5 cm³/mol. The van der Waals surface area contributed by atoms with Crippen molar-refractivity contribution < 1.29 is 14.7 Å². The van der Waals surface area contributed by atoms with Crippen LogP contribution < -0.4 is 0 Å². The zero-order valence-corrected chi connectivity index (χ0v) is 13.5. The van der Waals surface area contributed by atoms with Crippen molar-refractivity contribution in [3.05, 3.63) is 36.3 Å². The maximum absolute atomic E-state index is 12.4. The van der Waals surface area contributed by atoms with E-state index in [0.29, 0.717) is 31.7 Å². The van der Waals surface area contributed by atoms with Gasteiger partial charge in [0.2, 0.25) is 5.91 Å². The van der Waals surface area contributed by atoms with Gasteiger partial charge in [0.25, 0.3) is 0 Å². The van der Waals surface area contributed by atoms with Gasteiger partial charge < -0.3 is 14.4 Å². The molecule has 2 aromatic rings. The van der Waals surface area contributed by atoms with Gasteiger partial charge in [-0.25, -0.2) is 4.98 Å². The molecule has 1 saturated carbocycles. The van der Waals surface area contributed by atoms with Crippen molar-refractivity contribution in [2.45, 2.75) is 38.1 Å². The van der Waals surface area contributed by atoms with E-state index in [4.69, 9.17) is 0 Å². The molecule has 2 aromatic heterocycles. The Morgan fingerprint density at radius 1 is 1.29 bits per heavy atom. The average Bonchev–Trinajstić information content (AvgIpc) is 3.32. The highest BCUT2D eigenvalue weighted by Gasteiger charge is 2.47. The van der Waals surface area contributed by atoms with Gasteiger partial charge in [0, 0.05) is 37.8 Å². The Morgan fingerprint density at radius 2 is 2.12 bits per heavy atom. The highest BCUT2D eigenvalue weighted by molar-refractivity contribution is 5.81. The first-order chi connectivity index (χ1) is 11.6. The minimum atomic E-state index is -0.767. The second-order valence-electron chi connectivity index (χ2n) is 6.85. The van der Waals surface area contributed by atoms with Crippen LogP contribution in [0.4, 0.5) is 0 Å². The highest BCUT2D eigenvalue weighted by atomic mass is 16.4. The van der Waals surface area contributed by atoms with E-state index in [2.05, 4.69) is 4.98 Å². The van der Waals surface area contributed by atoms with Gasteiger partial charge in [-0.05, 0) is 37.3 Å². The fourth-order valence-corrected chi connectivity index (χ4v) is 3.88. The molecule has 6 nitrogen and oxygen atoms in total. The van der Waals surface area contributed by atoms with E-state index in [1.165, 1.54) is 0 Å². The first kappa shape index (κ1) is 15.2. The lowest BCUT2D eigenvalue weighted by Crippen LogP contribution is -2.52. The third-order valence-corrected chi connectivity index (χ3v) is 5.21. The zero-order valence-electron chi connectivity index (χ0n) is 13.5. The molecule has 2 aliphatic rings. The van der Waals surface area contributed by atoms with Crippen LogP contribution in [0.3, 0.4) is 0 Å². The molecule has 0 spiro atoms. The number of hydrogen-bond acceptors (Lipinski definition) is 3. The summed E-state index contributed by atoms with van der Waals surface area (Å²) in [6.07, 6.45) is 7.46. The molecule has 2 fully saturated rings. The van der Waals surface area contributed by atoms with Gasteiger partial charge in [-0.2, -0.15) is 0 Å². The van der Waals surface area contributed by atoms with Crippen LogP contribution in [0.1, 0.15) is 31.4 Å². The molecule has 2 atom stereocenters. The van der Waals surface area contributed by atoms with Crippen LogP contribution in [0.5, 0.6) is 0 Å². The lowest BCUT2D eigenvalue weighted by molar-refractivity contribution is -0.152. The number of nitrogens with zero attached hydrogens (tertiary/aromatic N) is 3. The molecule has 1 amide bonds. The van der Waals surface area contributed by atoms with Crippen LogP contribution in [0.2, 0.25) is 0 Å². The van der Waals surface area contributed by atoms with Crippen LogP contribution in [-0.4, -0.2) is 43.9 Å². The Balaban J connectivity index is 1.52. The number of carboxylic acids is 1. The van der Waals surface area contributed by atoms with Crippen LogP contribution in [0, 0.1) is 11.8 Å². The number of amides is 1. The predicted octanol–water partition coefficient (Wildman–Crippen LogP) is 1.98. The topological polar surface area (TPSA) is 74.9 Å². The summed E-state index contributed by atoms with van der Waals surface area (Å²) in [5.41, 5.74) is 1.82. The molecule has 0 radical (unpaired) electrons. The summed E-state index contributed by atoms with van der Waals surface area (Å²) < 4.78 is 1.96. The molecule has 4 rings (SSSR count). The van der Waals surface area contributed by atoms with Gasteiger partial charge in [0.1, 0.15) is 5.65 Å². The smallest absolute Gasteiger partial charge is 0.308 e. The number of rotatable bonds is 5. The van der Waals surface area contributed by atoms with Crippen LogP contribution in [0.15, 0.2) is 30.6 Å². The number of hydrogen-bond donors (Lipinski definition) is 1. The first-order valence-corrected chi connectivity index (χ1v) is 8.58. The van der Waals surface area contributed by atoms with Gasteiger partial charge in [0.05, 0.1) is 11.6 Å². The maximum Gasteiger partial charge on any atom is 0.308 e. The Morgan fingerprint density at radius 3 is 2.83 bits per heavy atom. The zero-order chi connectivity index (χ0) is 16.7. The third kappa shape index (κ3) is 2.77. The van der Waals surface area contributed by atoms with E-state index in [-0.39, 0.29) is 11.9 Å². The van der Waals surface area contributed by atoms with E-state index >= 15 is 0 Å². The summed E-state index contributed by atoms with van der Waals surface area (Å²) in [7, 11) is 0. The number of piperidine rings is 1. The minimum Gasteiger partial charge on any atom is -0.481 e.